The molecule has 0 aromatic carbocycles. The Hall–Kier alpha value is -1.16. The Morgan fingerprint density at radius 3 is 3.07 bits per heavy atom. The van der Waals surface area contributed by atoms with E-state index in [1.807, 2.05) is 0 Å². The van der Waals surface area contributed by atoms with Gasteiger partial charge in [-0.1, -0.05) is 30.4 Å². The Kier molecular flexibility index (Phi) is 2.63. The van der Waals surface area contributed by atoms with Crippen molar-refractivity contribution < 1.29 is 0 Å². The minimum absolute atomic E-state index is 0.283. The number of aliphatic imine (C=N–C) groups is 1. The lowest BCUT2D eigenvalue weighted by Gasteiger charge is -2.16. The van der Waals surface area contributed by atoms with E-state index < -0.39 is 0 Å². The first-order valence-electron chi connectivity index (χ1n) is 4.68. The lowest BCUT2D eigenvalue weighted by atomic mass is 9.98. The molecule has 1 atom stereocenters. The van der Waals surface area contributed by atoms with Gasteiger partial charge in [-0.05, 0) is 5.57 Å². The van der Waals surface area contributed by atoms with Gasteiger partial charge in [0.2, 0.25) is 0 Å². The summed E-state index contributed by atoms with van der Waals surface area (Å²) in [5, 5.41) is 6.48. The van der Waals surface area contributed by atoms with E-state index >= 15 is 0 Å². The molecule has 0 aromatic rings. The molecule has 2 rings (SSSR count). The quantitative estimate of drug-likeness (QED) is 0.624. The molecule has 1 unspecified atom stereocenters. The van der Waals surface area contributed by atoms with Gasteiger partial charge in [0.25, 0.3) is 0 Å². The summed E-state index contributed by atoms with van der Waals surface area (Å²) in [6.07, 6.45) is 7.12. The Bertz CT molecular complexity index is 341. The lowest BCUT2D eigenvalue weighted by molar-refractivity contribution is 0.771. The van der Waals surface area contributed by atoms with Crippen LogP contribution < -0.4 is 10.6 Å². The molecule has 2 aliphatic rings. The molecular formula is C10H13N3S. The van der Waals surface area contributed by atoms with E-state index in [4.69, 9.17) is 12.2 Å². The number of rotatable bonds is 1. The maximum atomic E-state index is 5.31. The van der Waals surface area contributed by atoms with Crippen molar-refractivity contribution in [3.8, 4) is 0 Å². The summed E-state index contributed by atoms with van der Waals surface area (Å²) in [5.41, 5.74) is 1.22. The molecular weight excluding hydrogens is 194 g/mol. The van der Waals surface area contributed by atoms with Crippen molar-refractivity contribution in [2.75, 3.05) is 13.6 Å². The highest BCUT2D eigenvalue weighted by Crippen LogP contribution is 2.15. The van der Waals surface area contributed by atoms with Crippen LogP contribution in [0, 0.1) is 0 Å². The number of hydrogen-bond donors (Lipinski definition) is 2. The zero-order valence-electron chi connectivity index (χ0n) is 8.08. The topological polar surface area (TPSA) is 36.4 Å². The van der Waals surface area contributed by atoms with Gasteiger partial charge in [0, 0.05) is 24.9 Å². The van der Waals surface area contributed by atoms with Crippen molar-refractivity contribution in [3.63, 3.8) is 0 Å². The summed E-state index contributed by atoms with van der Waals surface area (Å²) in [4.78, 5) is 5.10. The molecule has 14 heavy (non-hydrogen) atoms. The Labute approximate surface area is 89.0 Å². The van der Waals surface area contributed by atoms with Crippen LogP contribution >= 0.6 is 12.2 Å². The largest absolute Gasteiger partial charge is 0.354 e. The van der Waals surface area contributed by atoms with Crippen molar-refractivity contribution in [2.45, 2.75) is 12.5 Å². The highest BCUT2D eigenvalue weighted by atomic mass is 32.1. The average molecular weight is 207 g/mol. The van der Waals surface area contributed by atoms with Gasteiger partial charge in [-0.25, -0.2) is 0 Å². The fourth-order valence-electron chi connectivity index (χ4n) is 1.67. The number of nitrogens with one attached hydrogen (secondary N) is 2. The summed E-state index contributed by atoms with van der Waals surface area (Å²) in [7, 11) is 1.77. The SMILES string of the molecule is CN=C1NCC(C2=CC=CCC2=S)N1. The molecule has 1 heterocycles. The molecule has 1 fully saturated rings. The first kappa shape index (κ1) is 9.40. The smallest absolute Gasteiger partial charge is 0.191 e. The van der Waals surface area contributed by atoms with Crippen molar-refractivity contribution in [3.05, 3.63) is 23.8 Å². The molecule has 0 spiro atoms. The zero-order chi connectivity index (χ0) is 9.97. The number of guanidine groups is 1. The highest BCUT2D eigenvalue weighted by molar-refractivity contribution is 7.80. The van der Waals surface area contributed by atoms with E-state index in [1.165, 1.54) is 5.57 Å². The Morgan fingerprint density at radius 2 is 2.43 bits per heavy atom. The third-order valence-corrected chi connectivity index (χ3v) is 2.82. The highest BCUT2D eigenvalue weighted by Gasteiger charge is 2.24. The first-order chi connectivity index (χ1) is 6.81. The molecule has 3 nitrogen and oxygen atoms in total. The van der Waals surface area contributed by atoms with Crippen molar-refractivity contribution in [2.24, 2.45) is 4.99 Å². The van der Waals surface area contributed by atoms with E-state index in [2.05, 4.69) is 33.9 Å². The van der Waals surface area contributed by atoms with Gasteiger partial charge < -0.3 is 10.6 Å². The summed E-state index contributed by atoms with van der Waals surface area (Å²) < 4.78 is 0. The minimum Gasteiger partial charge on any atom is -0.354 e. The van der Waals surface area contributed by atoms with Gasteiger partial charge in [-0.2, -0.15) is 0 Å². The van der Waals surface area contributed by atoms with Gasteiger partial charge in [0.1, 0.15) is 0 Å². The first-order valence-corrected chi connectivity index (χ1v) is 5.09. The van der Waals surface area contributed by atoms with Crippen LogP contribution in [-0.2, 0) is 0 Å². The third-order valence-electron chi connectivity index (χ3n) is 2.42. The van der Waals surface area contributed by atoms with Crippen LogP contribution in [0.3, 0.4) is 0 Å². The summed E-state index contributed by atoms with van der Waals surface area (Å²) in [5.74, 6) is 0.855. The van der Waals surface area contributed by atoms with Crippen LogP contribution in [0.2, 0.25) is 0 Å². The molecule has 1 aliphatic heterocycles. The van der Waals surface area contributed by atoms with Gasteiger partial charge in [0.15, 0.2) is 5.96 Å². The molecule has 4 heteroatoms. The second kappa shape index (κ2) is 3.92. The van der Waals surface area contributed by atoms with Crippen LogP contribution in [0.25, 0.3) is 0 Å². The molecule has 0 bridgehead atoms. The fraction of sp³-hybridized carbons (Fsp3) is 0.400. The van der Waals surface area contributed by atoms with Gasteiger partial charge in [0.05, 0.1) is 6.04 Å². The van der Waals surface area contributed by atoms with Crippen molar-refractivity contribution in [1.82, 2.24) is 10.6 Å². The monoisotopic (exact) mass is 207 g/mol. The molecule has 1 saturated heterocycles. The van der Waals surface area contributed by atoms with E-state index in [-0.39, 0.29) is 6.04 Å². The van der Waals surface area contributed by atoms with Crippen LogP contribution in [0.5, 0.6) is 0 Å². The van der Waals surface area contributed by atoms with E-state index in [0.29, 0.717) is 0 Å². The Balaban J connectivity index is 2.13. The lowest BCUT2D eigenvalue weighted by Crippen LogP contribution is -2.32. The van der Waals surface area contributed by atoms with Crippen LogP contribution in [-0.4, -0.2) is 30.5 Å². The second-order valence-electron chi connectivity index (χ2n) is 3.33. The normalized spacial score (nSPS) is 28.6. The summed E-state index contributed by atoms with van der Waals surface area (Å²) >= 11 is 5.31. The molecule has 0 amide bonds. The van der Waals surface area contributed by atoms with Crippen molar-refractivity contribution >= 4 is 23.0 Å². The molecule has 1 aliphatic carbocycles. The van der Waals surface area contributed by atoms with Gasteiger partial charge in [-0.15, -0.1) is 0 Å². The van der Waals surface area contributed by atoms with E-state index in [0.717, 1.165) is 23.8 Å². The molecule has 0 saturated carbocycles. The molecule has 2 N–H and O–H groups in total. The maximum Gasteiger partial charge on any atom is 0.191 e. The van der Waals surface area contributed by atoms with Crippen molar-refractivity contribution in [1.29, 1.82) is 0 Å². The third kappa shape index (κ3) is 1.70. The summed E-state index contributed by atoms with van der Waals surface area (Å²) in [6, 6.07) is 0.283. The number of hydrogen-bond acceptors (Lipinski definition) is 2. The summed E-state index contributed by atoms with van der Waals surface area (Å²) in [6.45, 7) is 0.868. The standard InChI is InChI=1S/C10H13N3S/c1-11-10-12-6-8(13-10)7-4-2-3-5-9(7)14/h2-4,8H,5-6H2,1H3,(H2,11,12,13). The molecule has 74 valence electrons. The zero-order valence-corrected chi connectivity index (χ0v) is 8.90. The van der Waals surface area contributed by atoms with Gasteiger partial charge in [-0.3, -0.25) is 4.99 Å². The second-order valence-corrected chi connectivity index (χ2v) is 3.82. The van der Waals surface area contributed by atoms with E-state index in [9.17, 15) is 0 Å². The average Bonchev–Trinajstić information content (AvgIpc) is 2.67. The molecule has 0 aromatic heterocycles. The van der Waals surface area contributed by atoms with Gasteiger partial charge >= 0.3 is 0 Å². The number of allylic oxidation sites excluding steroid dienone is 3. The predicted molar refractivity (Wildman–Crippen MR) is 62.7 cm³/mol. The van der Waals surface area contributed by atoms with E-state index in [1.54, 1.807) is 7.05 Å². The molecule has 0 radical (unpaired) electrons. The number of thiocarbonyl (C=S) groups is 1. The van der Waals surface area contributed by atoms with Crippen LogP contribution in [0.4, 0.5) is 0 Å². The fourth-order valence-corrected chi connectivity index (χ4v) is 1.97. The predicted octanol–water partition coefficient (Wildman–Crippen LogP) is 0.790. The number of nitrogens with zero attached hydrogens (tertiary/aromatic N) is 1. The minimum atomic E-state index is 0.283. The van der Waals surface area contributed by atoms with Crippen LogP contribution in [0.15, 0.2) is 28.8 Å². The Morgan fingerprint density at radius 1 is 1.57 bits per heavy atom. The maximum absolute atomic E-state index is 5.31. The van der Waals surface area contributed by atoms with Crippen LogP contribution in [0.1, 0.15) is 6.42 Å².